The third kappa shape index (κ3) is 2.15. The van der Waals surface area contributed by atoms with E-state index in [0.717, 1.165) is 38.9 Å². The van der Waals surface area contributed by atoms with E-state index in [1.165, 1.54) is 5.56 Å². The third-order valence-corrected chi connectivity index (χ3v) is 4.37. The molecule has 0 atom stereocenters. The predicted molar refractivity (Wildman–Crippen MR) is 79.2 cm³/mol. The first-order valence-corrected chi connectivity index (χ1v) is 7.18. The van der Waals surface area contributed by atoms with Crippen LogP contribution in [-0.2, 0) is 13.0 Å². The van der Waals surface area contributed by atoms with Crippen LogP contribution >= 0.6 is 11.3 Å². The van der Waals surface area contributed by atoms with Gasteiger partial charge in [0.25, 0.3) is 0 Å². The van der Waals surface area contributed by atoms with Crippen molar-refractivity contribution in [3.05, 3.63) is 34.5 Å². The normalized spacial score (nSPS) is 11.3. The number of fused-ring (bicyclic) bond motifs is 1. The Hall–Kier alpha value is -1.72. The van der Waals surface area contributed by atoms with E-state index in [-0.39, 0.29) is 0 Å². The lowest BCUT2D eigenvalue weighted by Gasteiger charge is -1.94. The number of nitrogens with zero attached hydrogens (tertiary/aromatic N) is 2. The van der Waals surface area contributed by atoms with E-state index < -0.39 is 0 Å². The number of rotatable bonds is 3. The van der Waals surface area contributed by atoms with E-state index in [4.69, 9.17) is 5.73 Å². The molecule has 0 aliphatic rings. The smallest absolute Gasteiger partial charge is 0.150 e. The Morgan fingerprint density at radius 2 is 2.16 bits per heavy atom. The third-order valence-electron chi connectivity index (χ3n) is 3.19. The SMILES string of the molecule is CCc1ccc2nc(-c3sc(CN)nc3C)[nH]c2c1. The highest BCUT2D eigenvalue weighted by molar-refractivity contribution is 7.15. The maximum Gasteiger partial charge on any atom is 0.150 e. The van der Waals surface area contributed by atoms with Crippen molar-refractivity contribution in [1.82, 2.24) is 15.0 Å². The zero-order chi connectivity index (χ0) is 13.4. The molecule has 0 bridgehead atoms. The molecule has 0 fully saturated rings. The van der Waals surface area contributed by atoms with Crippen molar-refractivity contribution in [3.8, 4) is 10.7 Å². The van der Waals surface area contributed by atoms with Gasteiger partial charge >= 0.3 is 0 Å². The lowest BCUT2D eigenvalue weighted by Crippen LogP contribution is -1.94. The van der Waals surface area contributed by atoms with Crippen LogP contribution in [0, 0.1) is 6.92 Å². The fourth-order valence-corrected chi connectivity index (χ4v) is 3.03. The van der Waals surface area contributed by atoms with Crippen LogP contribution in [-0.4, -0.2) is 15.0 Å². The molecule has 1 aromatic carbocycles. The summed E-state index contributed by atoms with van der Waals surface area (Å²) in [5, 5.41) is 0.946. The average molecular weight is 272 g/mol. The standard InChI is InChI=1S/C14H16N4S/c1-3-9-4-5-10-11(6-9)18-14(17-10)13-8(2)16-12(7-15)19-13/h4-6H,3,7,15H2,1-2H3,(H,17,18). The van der Waals surface area contributed by atoms with E-state index in [2.05, 4.69) is 40.1 Å². The molecule has 0 aliphatic carbocycles. The molecule has 3 N–H and O–H groups in total. The molecular formula is C14H16N4S. The summed E-state index contributed by atoms with van der Waals surface area (Å²) < 4.78 is 0. The number of H-pyrrole nitrogens is 1. The largest absolute Gasteiger partial charge is 0.337 e. The van der Waals surface area contributed by atoms with Crippen LogP contribution in [0.1, 0.15) is 23.2 Å². The van der Waals surface area contributed by atoms with Gasteiger partial charge in [0.15, 0.2) is 5.82 Å². The number of hydrogen-bond donors (Lipinski definition) is 2. The first-order valence-electron chi connectivity index (χ1n) is 6.36. The van der Waals surface area contributed by atoms with Gasteiger partial charge in [-0.3, -0.25) is 0 Å². The molecule has 19 heavy (non-hydrogen) atoms. The number of nitrogens with one attached hydrogen (secondary N) is 1. The number of aromatic amines is 1. The molecule has 3 aromatic rings. The first-order chi connectivity index (χ1) is 9.21. The second-order valence-electron chi connectivity index (χ2n) is 4.52. The number of imidazole rings is 1. The van der Waals surface area contributed by atoms with Crippen molar-refractivity contribution >= 4 is 22.4 Å². The van der Waals surface area contributed by atoms with Gasteiger partial charge in [-0.15, -0.1) is 11.3 Å². The van der Waals surface area contributed by atoms with Gasteiger partial charge < -0.3 is 10.7 Å². The highest BCUT2D eigenvalue weighted by Crippen LogP contribution is 2.29. The minimum atomic E-state index is 0.478. The molecule has 2 aromatic heterocycles. The summed E-state index contributed by atoms with van der Waals surface area (Å²) in [6.45, 7) is 4.63. The van der Waals surface area contributed by atoms with Crippen LogP contribution in [0.15, 0.2) is 18.2 Å². The second kappa shape index (κ2) is 4.75. The molecule has 3 rings (SSSR count). The highest BCUT2D eigenvalue weighted by Gasteiger charge is 2.13. The first kappa shape index (κ1) is 12.3. The maximum absolute atomic E-state index is 5.64. The van der Waals surface area contributed by atoms with Crippen molar-refractivity contribution in [3.63, 3.8) is 0 Å². The van der Waals surface area contributed by atoms with Gasteiger partial charge in [0, 0.05) is 6.54 Å². The monoisotopic (exact) mass is 272 g/mol. The number of hydrogen-bond acceptors (Lipinski definition) is 4. The van der Waals surface area contributed by atoms with Gasteiger partial charge in [-0.05, 0) is 31.0 Å². The summed E-state index contributed by atoms with van der Waals surface area (Å²) >= 11 is 1.61. The van der Waals surface area contributed by atoms with Crippen molar-refractivity contribution in [2.45, 2.75) is 26.8 Å². The van der Waals surface area contributed by atoms with Crippen molar-refractivity contribution < 1.29 is 0 Å². The predicted octanol–water partition coefficient (Wildman–Crippen LogP) is 3.02. The fraction of sp³-hybridized carbons (Fsp3) is 0.286. The summed E-state index contributed by atoms with van der Waals surface area (Å²) in [5.41, 5.74) is 10.0. The summed E-state index contributed by atoms with van der Waals surface area (Å²) in [7, 11) is 0. The zero-order valence-corrected chi connectivity index (χ0v) is 11.8. The van der Waals surface area contributed by atoms with Crippen LogP contribution in [0.5, 0.6) is 0 Å². The summed E-state index contributed by atoms with van der Waals surface area (Å²) in [6.07, 6.45) is 1.03. The summed E-state index contributed by atoms with van der Waals surface area (Å²) in [5.74, 6) is 0.887. The number of benzene rings is 1. The molecule has 4 nitrogen and oxygen atoms in total. The Kier molecular flexibility index (Phi) is 3.08. The Morgan fingerprint density at radius 1 is 1.32 bits per heavy atom. The minimum Gasteiger partial charge on any atom is -0.337 e. The molecule has 0 spiro atoms. The topological polar surface area (TPSA) is 67.6 Å². The van der Waals surface area contributed by atoms with Crippen molar-refractivity contribution in [2.75, 3.05) is 0 Å². The Bertz CT molecular complexity index is 726. The van der Waals surface area contributed by atoms with Crippen LogP contribution < -0.4 is 5.73 Å². The van der Waals surface area contributed by atoms with Gasteiger partial charge in [-0.1, -0.05) is 13.0 Å². The maximum atomic E-state index is 5.64. The van der Waals surface area contributed by atoms with Gasteiger partial charge in [0.2, 0.25) is 0 Å². The van der Waals surface area contributed by atoms with Gasteiger partial charge in [-0.25, -0.2) is 9.97 Å². The number of aromatic nitrogens is 3. The molecular weight excluding hydrogens is 256 g/mol. The van der Waals surface area contributed by atoms with E-state index in [1.54, 1.807) is 11.3 Å². The molecule has 0 saturated heterocycles. The molecule has 0 radical (unpaired) electrons. The molecule has 0 aliphatic heterocycles. The summed E-state index contributed by atoms with van der Waals surface area (Å²) in [4.78, 5) is 13.5. The Morgan fingerprint density at radius 3 is 2.84 bits per heavy atom. The molecule has 5 heteroatoms. The van der Waals surface area contributed by atoms with E-state index >= 15 is 0 Å². The second-order valence-corrected chi connectivity index (χ2v) is 5.60. The lowest BCUT2D eigenvalue weighted by molar-refractivity contribution is 1.02. The average Bonchev–Trinajstić information content (AvgIpc) is 3.00. The number of thiazole rings is 1. The quantitative estimate of drug-likeness (QED) is 0.770. The zero-order valence-electron chi connectivity index (χ0n) is 11.0. The van der Waals surface area contributed by atoms with E-state index in [9.17, 15) is 0 Å². The van der Waals surface area contributed by atoms with Crippen LogP contribution in [0.3, 0.4) is 0 Å². The Balaban J connectivity index is 2.11. The van der Waals surface area contributed by atoms with Crippen molar-refractivity contribution in [2.24, 2.45) is 5.73 Å². The number of nitrogens with two attached hydrogens (primary N) is 1. The minimum absolute atomic E-state index is 0.478. The molecule has 2 heterocycles. The van der Waals surface area contributed by atoms with Gasteiger partial charge in [0.05, 0.1) is 21.6 Å². The lowest BCUT2D eigenvalue weighted by atomic mass is 10.1. The molecule has 0 saturated carbocycles. The van der Waals surface area contributed by atoms with Crippen LogP contribution in [0.25, 0.3) is 21.7 Å². The summed E-state index contributed by atoms with van der Waals surface area (Å²) in [6, 6.07) is 6.35. The fourth-order valence-electron chi connectivity index (χ4n) is 2.14. The molecule has 0 unspecified atom stereocenters. The van der Waals surface area contributed by atoms with Crippen LogP contribution in [0.4, 0.5) is 0 Å². The van der Waals surface area contributed by atoms with E-state index in [1.807, 2.05) is 6.92 Å². The van der Waals surface area contributed by atoms with Gasteiger partial charge in [-0.2, -0.15) is 0 Å². The van der Waals surface area contributed by atoms with Crippen molar-refractivity contribution in [1.29, 1.82) is 0 Å². The highest BCUT2D eigenvalue weighted by atomic mass is 32.1. The molecule has 0 amide bonds. The van der Waals surface area contributed by atoms with Gasteiger partial charge in [0.1, 0.15) is 5.01 Å². The van der Waals surface area contributed by atoms with E-state index in [0.29, 0.717) is 6.54 Å². The number of aryl methyl sites for hydroxylation is 2. The Labute approximate surface area is 115 Å². The van der Waals surface area contributed by atoms with Crippen LogP contribution in [0.2, 0.25) is 0 Å². The molecule has 98 valence electrons.